The number of hydrogen-bond acceptors (Lipinski definition) is 1. The lowest BCUT2D eigenvalue weighted by molar-refractivity contribution is -0.934. The number of allylic oxidation sites excluding steroid dienone is 1. The van der Waals surface area contributed by atoms with Crippen molar-refractivity contribution < 1.29 is 25.9 Å². The molecule has 1 saturated carbocycles. The predicted molar refractivity (Wildman–Crippen MR) is 143 cm³/mol. The van der Waals surface area contributed by atoms with E-state index in [0.29, 0.717) is 17.8 Å². The summed E-state index contributed by atoms with van der Waals surface area (Å²) in [6.45, 7) is 8.69. The summed E-state index contributed by atoms with van der Waals surface area (Å²) in [6.07, 6.45) is 4.29. The molecular formula is C33H36BrFN2. The summed E-state index contributed by atoms with van der Waals surface area (Å²) < 4.78 is 14.6. The second kappa shape index (κ2) is 11.3. The van der Waals surface area contributed by atoms with Crippen LogP contribution < -0.4 is 17.0 Å². The summed E-state index contributed by atoms with van der Waals surface area (Å²) in [5, 5.41) is 10.6. The highest BCUT2D eigenvalue weighted by atomic mass is 79.9. The molecule has 0 aromatic heterocycles. The zero-order valence-corrected chi connectivity index (χ0v) is 23.4. The average Bonchev–Trinajstić information content (AvgIpc) is 3.35. The van der Waals surface area contributed by atoms with Gasteiger partial charge in [-0.05, 0) is 49.4 Å². The number of hydrogen-bond donors (Lipinski definition) is 0. The van der Waals surface area contributed by atoms with Crippen molar-refractivity contribution in [3.8, 4) is 6.07 Å². The first-order valence-corrected chi connectivity index (χ1v) is 13.2. The van der Waals surface area contributed by atoms with Crippen molar-refractivity contribution in [3.05, 3.63) is 119 Å². The zero-order valence-electron chi connectivity index (χ0n) is 21.8. The number of quaternary nitrogens is 1. The molecule has 37 heavy (non-hydrogen) atoms. The van der Waals surface area contributed by atoms with E-state index >= 15 is 0 Å². The number of nitrogens with zero attached hydrogens (tertiary/aromatic N) is 2. The second-order valence-corrected chi connectivity index (χ2v) is 11.2. The van der Waals surface area contributed by atoms with Crippen LogP contribution in [0.25, 0.3) is 0 Å². The first kappa shape index (κ1) is 27.3. The summed E-state index contributed by atoms with van der Waals surface area (Å²) in [5.74, 6) is 1.69. The highest BCUT2D eigenvalue weighted by Gasteiger charge is 2.64. The topological polar surface area (TPSA) is 23.8 Å². The third-order valence-corrected chi connectivity index (χ3v) is 8.56. The lowest BCUT2D eigenvalue weighted by atomic mass is 9.71. The van der Waals surface area contributed by atoms with E-state index in [0.717, 1.165) is 54.6 Å². The summed E-state index contributed by atoms with van der Waals surface area (Å²) in [6, 6.07) is 30.5. The summed E-state index contributed by atoms with van der Waals surface area (Å²) in [5.41, 5.74) is 4.15. The smallest absolute Gasteiger partial charge is 0.123 e. The average molecular weight is 560 g/mol. The fourth-order valence-electron chi connectivity index (χ4n) is 6.71. The maximum Gasteiger partial charge on any atom is 0.123 e. The maximum absolute atomic E-state index is 13.5. The molecule has 0 spiro atoms. The van der Waals surface area contributed by atoms with Gasteiger partial charge in [0.1, 0.15) is 17.8 Å². The van der Waals surface area contributed by atoms with Crippen molar-refractivity contribution in [3.63, 3.8) is 0 Å². The first-order chi connectivity index (χ1) is 17.4. The molecule has 2 nitrogen and oxygen atoms in total. The molecule has 1 aliphatic carbocycles. The fraction of sp³-hybridized carbons (Fsp3) is 0.364. The molecule has 1 aliphatic heterocycles. The van der Waals surface area contributed by atoms with E-state index in [1.165, 1.54) is 11.1 Å². The van der Waals surface area contributed by atoms with Crippen molar-refractivity contribution in [1.82, 2.24) is 0 Å². The van der Waals surface area contributed by atoms with Crippen molar-refractivity contribution in [2.75, 3.05) is 19.6 Å². The van der Waals surface area contributed by atoms with Gasteiger partial charge >= 0.3 is 0 Å². The van der Waals surface area contributed by atoms with Gasteiger partial charge in [0.15, 0.2) is 0 Å². The summed E-state index contributed by atoms with van der Waals surface area (Å²) >= 11 is 0. The molecule has 0 amide bonds. The number of rotatable bonds is 9. The SMILES string of the molecule is CC(C)=CCC[N+]1(Cc2ccc(F)cc2)CC2C(CC(C#N)(c3ccccc3)c3ccccc3)C2C1.[Br-]. The molecule has 1 saturated heterocycles. The van der Waals surface area contributed by atoms with Crippen molar-refractivity contribution in [2.45, 2.75) is 38.6 Å². The fourth-order valence-corrected chi connectivity index (χ4v) is 6.71. The van der Waals surface area contributed by atoms with Crippen molar-refractivity contribution in [2.24, 2.45) is 17.8 Å². The molecule has 4 heteroatoms. The van der Waals surface area contributed by atoms with E-state index < -0.39 is 5.41 Å². The Labute approximate surface area is 231 Å². The Bertz CT molecular complexity index is 1190. The van der Waals surface area contributed by atoms with Crippen LogP contribution in [0, 0.1) is 34.9 Å². The maximum atomic E-state index is 13.5. The number of halogens is 2. The minimum Gasteiger partial charge on any atom is -1.00 e. The number of likely N-dealkylation sites (tertiary alicyclic amines) is 1. The summed E-state index contributed by atoms with van der Waals surface area (Å²) in [4.78, 5) is 0. The molecule has 0 N–H and O–H groups in total. The normalized spacial score (nSPS) is 23.9. The van der Waals surface area contributed by atoms with Crippen LogP contribution in [-0.4, -0.2) is 24.1 Å². The van der Waals surface area contributed by atoms with E-state index in [4.69, 9.17) is 0 Å². The van der Waals surface area contributed by atoms with E-state index in [1.54, 1.807) is 12.1 Å². The van der Waals surface area contributed by atoms with E-state index in [2.05, 4.69) is 50.3 Å². The minimum absolute atomic E-state index is 0. The largest absolute Gasteiger partial charge is 1.00 e. The monoisotopic (exact) mass is 558 g/mol. The van der Waals surface area contributed by atoms with Gasteiger partial charge in [-0.2, -0.15) is 5.26 Å². The van der Waals surface area contributed by atoms with Crippen molar-refractivity contribution >= 4 is 0 Å². The molecule has 5 rings (SSSR count). The van der Waals surface area contributed by atoms with Gasteiger partial charge in [0, 0.05) is 23.8 Å². The molecule has 2 fully saturated rings. The first-order valence-electron chi connectivity index (χ1n) is 13.2. The van der Waals surface area contributed by atoms with Gasteiger partial charge in [-0.3, -0.25) is 0 Å². The molecule has 3 aromatic carbocycles. The van der Waals surface area contributed by atoms with Crippen LogP contribution in [0.2, 0.25) is 0 Å². The van der Waals surface area contributed by atoms with Crippen LogP contribution in [0.3, 0.4) is 0 Å². The Morgan fingerprint density at radius 2 is 1.46 bits per heavy atom. The van der Waals surface area contributed by atoms with Gasteiger partial charge in [-0.25, -0.2) is 4.39 Å². The Balaban J connectivity index is 0.00000320. The second-order valence-electron chi connectivity index (χ2n) is 11.2. The van der Waals surface area contributed by atoms with Crippen LogP contribution in [-0.2, 0) is 12.0 Å². The number of fused-ring (bicyclic) bond motifs is 1. The lowest BCUT2D eigenvalue weighted by Crippen LogP contribution is -3.00. The quantitative estimate of drug-likeness (QED) is 0.284. The molecule has 2 atom stereocenters. The molecule has 192 valence electrons. The van der Waals surface area contributed by atoms with Gasteiger partial charge in [0.05, 0.1) is 25.7 Å². The molecule has 1 heterocycles. The molecular weight excluding hydrogens is 523 g/mol. The van der Waals surface area contributed by atoms with Crippen LogP contribution in [0.1, 0.15) is 43.4 Å². The van der Waals surface area contributed by atoms with E-state index in [9.17, 15) is 9.65 Å². The number of piperidine rings is 1. The third kappa shape index (κ3) is 5.74. The lowest BCUT2D eigenvalue weighted by Gasteiger charge is -2.38. The molecule has 3 aromatic rings. The predicted octanol–water partition coefficient (Wildman–Crippen LogP) is 4.28. The van der Waals surface area contributed by atoms with Gasteiger partial charge in [-0.15, -0.1) is 0 Å². The van der Waals surface area contributed by atoms with Crippen LogP contribution in [0.5, 0.6) is 0 Å². The van der Waals surface area contributed by atoms with Gasteiger partial charge in [-0.1, -0.05) is 84.4 Å². The Kier molecular flexibility index (Phi) is 8.36. The highest BCUT2D eigenvalue weighted by molar-refractivity contribution is 5.46. The van der Waals surface area contributed by atoms with E-state index in [1.807, 2.05) is 48.5 Å². The van der Waals surface area contributed by atoms with Crippen molar-refractivity contribution in [1.29, 1.82) is 5.26 Å². The Morgan fingerprint density at radius 3 is 1.95 bits per heavy atom. The Hall–Kier alpha value is -2.74. The van der Waals surface area contributed by atoms with E-state index in [-0.39, 0.29) is 22.8 Å². The third-order valence-electron chi connectivity index (χ3n) is 8.56. The van der Waals surface area contributed by atoms with Crippen LogP contribution in [0.15, 0.2) is 96.6 Å². The molecule has 0 bridgehead atoms. The van der Waals surface area contributed by atoms with Crippen LogP contribution >= 0.6 is 0 Å². The minimum atomic E-state index is -0.619. The molecule has 2 aliphatic rings. The van der Waals surface area contributed by atoms with Gasteiger partial charge < -0.3 is 21.5 Å². The van der Waals surface area contributed by atoms with Gasteiger partial charge in [0.25, 0.3) is 0 Å². The van der Waals surface area contributed by atoms with Crippen LogP contribution in [0.4, 0.5) is 4.39 Å². The Morgan fingerprint density at radius 1 is 0.919 bits per heavy atom. The summed E-state index contributed by atoms with van der Waals surface area (Å²) in [7, 11) is 0. The highest BCUT2D eigenvalue weighted by Crippen LogP contribution is 2.60. The standard InChI is InChI=1S/C33H36FN2.BrH/c1-25(2)10-9-19-36(21-26-15-17-29(34)18-16-26)22-31-30(32(31)23-36)20-33(24-35,27-11-5-3-6-12-27)28-13-7-4-8-14-28;/h3-8,10-18,30-32H,9,19-23H2,1-2H3;1H/q+1;/p-1. The number of nitriles is 1. The molecule has 0 radical (unpaired) electrons. The zero-order chi connectivity index (χ0) is 25.2. The molecule has 2 unspecified atom stereocenters. The number of benzene rings is 3. The van der Waals surface area contributed by atoms with Gasteiger partial charge in [0.2, 0.25) is 0 Å².